The zero-order chi connectivity index (χ0) is 19.8. The van der Waals surface area contributed by atoms with E-state index in [1.54, 1.807) is 61.7 Å². The van der Waals surface area contributed by atoms with Gasteiger partial charge in [-0.05, 0) is 76.9 Å². The molecular formula is C21H14BrClN2O3. The zero-order valence-corrected chi connectivity index (χ0v) is 17.0. The van der Waals surface area contributed by atoms with Crippen molar-refractivity contribution in [2.24, 2.45) is 4.99 Å². The molecule has 5 nitrogen and oxygen atoms in total. The van der Waals surface area contributed by atoms with Crippen LogP contribution in [-0.2, 0) is 0 Å². The van der Waals surface area contributed by atoms with E-state index in [0.717, 1.165) is 5.56 Å². The van der Waals surface area contributed by atoms with Crippen molar-refractivity contribution in [3.8, 4) is 23.0 Å². The molecule has 1 aromatic heterocycles. The summed E-state index contributed by atoms with van der Waals surface area (Å²) in [6, 6.07) is 13.8. The third kappa shape index (κ3) is 3.61. The summed E-state index contributed by atoms with van der Waals surface area (Å²) in [6.07, 6.45) is 1.56. The van der Waals surface area contributed by atoms with Crippen molar-refractivity contribution in [2.75, 3.05) is 0 Å². The molecule has 0 aliphatic rings. The molecule has 140 valence electrons. The number of rotatable bonds is 3. The summed E-state index contributed by atoms with van der Waals surface area (Å²) >= 11 is 9.34. The minimum absolute atomic E-state index is 0.149. The van der Waals surface area contributed by atoms with Gasteiger partial charge in [0.05, 0.1) is 10.2 Å². The highest BCUT2D eigenvalue weighted by atomic mass is 79.9. The molecule has 0 atom stereocenters. The Morgan fingerprint density at radius 1 is 1.11 bits per heavy atom. The molecule has 0 unspecified atom stereocenters. The second kappa shape index (κ2) is 7.30. The quantitative estimate of drug-likeness (QED) is 0.350. The van der Waals surface area contributed by atoms with Gasteiger partial charge in [-0.15, -0.1) is 0 Å². The number of benzene rings is 3. The number of oxazole rings is 1. The third-order valence-corrected chi connectivity index (χ3v) is 5.07. The van der Waals surface area contributed by atoms with E-state index in [0.29, 0.717) is 43.3 Å². The Morgan fingerprint density at radius 2 is 1.93 bits per heavy atom. The van der Waals surface area contributed by atoms with Crippen LogP contribution in [0.5, 0.6) is 11.5 Å². The van der Waals surface area contributed by atoms with E-state index in [4.69, 9.17) is 16.0 Å². The minimum Gasteiger partial charge on any atom is -0.507 e. The first kappa shape index (κ1) is 18.5. The average molecular weight is 458 g/mol. The van der Waals surface area contributed by atoms with Crippen LogP contribution in [0.2, 0.25) is 5.02 Å². The van der Waals surface area contributed by atoms with Crippen LogP contribution in [0, 0.1) is 6.92 Å². The van der Waals surface area contributed by atoms with E-state index in [2.05, 4.69) is 25.9 Å². The average Bonchev–Trinajstić information content (AvgIpc) is 3.09. The van der Waals surface area contributed by atoms with Crippen LogP contribution in [0.3, 0.4) is 0 Å². The Balaban J connectivity index is 1.68. The maximum absolute atomic E-state index is 10.1. The standard InChI is InChI=1S/C21H14BrClN2O3/c1-11-6-14(23)7-13(20(11)27)10-24-15-3-5-19-17(9-15)25-21(28-19)12-2-4-18(26)16(22)8-12/h2-10,26-27H,1H3. The second-order valence-corrected chi connectivity index (χ2v) is 7.55. The maximum atomic E-state index is 10.1. The monoisotopic (exact) mass is 456 g/mol. The Labute approximate surface area is 174 Å². The molecule has 0 aliphatic heterocycles. The molecule has 4 rings (SSSR count). The number of fused-ring (bicyclic) bond motifs is 1. The Bertz CT molecular complexity index is 1230. The predicted molar refractivity (Wildman–Crippen MR) is 114 cm³/mol. The topological polar surface area (TPSA) is 78.9 Å². The Morgan fingerprint density at radius 3 is 2.71 bits per heavy atom. The van der Waals surface area contributed by atoms with Gasteiger partial charge < -0.3 is 14.6 Å². The largest absolute Gasteiger partial charge is 0.507 e. The summed E-state index contributed by atoms with van der Waals surface area (Å²) in [6.45, 7) is 1.78. The summed E-state index contributed by atoms with van der Waals surface area (Å²) in [5, 5.41) is 20.3. The molecule has 0 saturated heterocycles. The molecule has 0 spiro atoms. The van der Waals surface area contributed by atoms with Crippen LogP contribution in [0.4, 0.5) is 5.69 Å². The lowest BCUT2D eigenvalue weighted by Gasteiger charge is -2.03. The normalized spacial score (nSPS) is 11.5. The molecule has 0 fully saturated rings. The molecule has 28 heavy (non-hydrogen) atoms. The number of aromatic nitrogens is 1. The van der Waals surface area contributed by atoms with Gasteiger partial charge in [-0.2, -0.15) is 0 Å². The smallest absolute Gasteiger partial charge is 0.227 e. The molecule has 7 heteroatoms. The lowest BCUT2D eigenvalue weighted by Crippen LogP contribution is -1.86. The van der Waals surface area contributed by atoms with Gasteiger partial charge in [-0.3, -0.25) is 4.99 Å². The second-order valence-electron chi connectivity index (χ2n) is 6.26. The lowest BCUT2D eigenvalue weighted by molar-refractivity contribution is 0.470. The highest BCUT2D eigenvalue weighted by Crippen LogP contribution is 2.32. The van der Waals surface area contributed by atoms with E-state index in [9.17, 15) is 10.2 Å². The fourth-order valence-electron chi connectivity index (χ4n) is 2.76. The third-order valence-electron chi connectivity index (χ3n) is 4.21. The number of nitrogens with zero attached hydrogens (tertiary/aromatic N) is 2. The number of phenolic OH excluding ortho intramolecular Hbond substituents is 2. The van der Waals surface area contributed by atoms with Crippen LogP contribution >= 0.6 is 27.5 Å². The van der Waals surface area contributed by atoms with E-state index in [1.807, 2.05) is 0 Å². The van der Waals surface area contributed by atoms with Crippen LogP contribution in [-0.4, -0.2) is 21.4 Å². The number of aromatic hydroxyl groups is 2. The van der Waals surface area contributed by atoms with E-state index in [1.165, 1.54) is 0 Å². The number of phenols is 2. The Hall–Kier alpha value is -2.83. The summed E-state index contributed by atoms with van der Waals surface area (Å²) in [7, 11) is 0. The fourth-order valence-corrected chi connectivity index (χ4v) is 3.42. The van der Waals surface area contributed by atoms with Crippen molar-refractivity contribution >= 4 is 50.5 Å². The predicted octanol–water partition coefficient (Wildman–Crippen LogP) is 6.38. The summed E-state index contributed by atoms with van der Waals surface area (Å²) in [5.41, 5.74) is 3.91. The van der Waals surface area contributed by atoms with E-state index < -0.39 is 0 Å². The van der Waals surface area contributed by atoms with Crippen LogP contribution in [0.1, 0.15) is 11.1 Å². The molecule has 0 saturated carbocycles. The number of hydrogen-bond donors (Lipinski definition) is 2. The van der Waals surface area contributed by atoms with Crippen LogP contribution in [0.15, 0.2) is 62.4 Å². The molecule has 0 aliphatic carbocycles. The molecule has 2 N–H and O–H groups in total. The lowest BCUT2D eigenvalue weighted by atomic mass is 10.1. The summed E-state index contributed by atoms with van der Waals surface area (Å²) in [4.78, 5) is 8.91. The molecule has 0 bridgehead atoms. The number of halogens is 2. The van der Waals surface area contributed by atoms with Crippen molar-refractivity contribution in [3.05, 3.63) is 69.2 Å². The highest BCUT2D eigenvalue weighted by Gasteiger charge is 2.11. The first-order valence-electron chi connectivity index (χ1n) is 8.33. The summed E-state index contributed by atoms with van der Waals surface area (Å²) < 4.78 is 6.36. The van der Waals surface area contributed by atoms with Crippen molar-refractivity contribution in [1.82, 2.24) is 4.98 Å². The van der Waals surface area contributed by atoms with Crippen LogP contribution < -0.4 is 0 Å². The summed E-state index contributed by atoms with van der Waals surface area (Å²) in [5.74, 6) is 0.742. The molecular weight excluding hydrogens is 444 g/mol. The zero-order valence-electron chi connectivity index (χ0n) is 14.6. The number of aliphatic imine (C=N–C) groups is 1. The maximum Gasteiger partial charge on any atom is 0.227 e. The number of aryl methyl sites for hydroxylation is 1. The van der Waals surface area contributed by atoms with Gasteiger partial charge in [0.25, 0.3) is 0 Å². The van der Waals surface area contributed by atoms with E-state index in [-0.39, 0.29) is 11.5 Å². The van der Waals surface area contributed by atoms with Gasteiger partial charge in [0.2, 0.25) is 5.89 Å². The van der Waals surface area contributed by atoms with Gasteiger partial charge in [0.1, 0.15) is 17.0 Å². The molecule has 0 amide bonds. The van der Waals surface area contributed by atoms with Crippen molar-refractivity contribution in [3.63, 3.8) is 0 Å². The fraction of sp³-hybridized carbons (Fsp3) is 0.0476. The highest BCUT2D eigenvalue weighted by molar-refractivity contribution is 9.10. The van der Waals surface area contributed by atoms with Crippen molar-refractivity contribution in [2.45, 2.75) is 6.92 Å². The SMILES string of the molecule is Cc1cc(Cl)cc(C=Nc2ccc3oc(-c4ccc(O)c(Br)c4)nc3c2)c1O. The first-order valence-corrected chi connectivity index (χ1v) is 9.50. The molecule has 0 radical (unpaired) electrons. The number of hydrogen-bond acceptors (Lipinski definition) is 5. The van der Waals surface area contributed by atoms with Crippen molar-refractivity contribution in [1.29, 1.82) is 0 Å². The van der Waals surface area contributed by atoms with Gasteiger partial charge in [0.15, 0.2) is 5.58 Å². The minimum atomic E-state index is 0.149. The van der Waals surface area contributed by atoms with Gasteiger partial charge in [0, 0.05) is 22.4 Å². The van der Waals surface area contributed by atoms with Crippen molar-refractivity contribution < 1.29 is 14.6 Å². The van der Waals surface area contributed by atoms with Gasteiger partial charge >= 0.3 is 0 Å². The first-order chi connectivity index (χ1) is 13.4. The van der Waals surface area contributed by atoms with Gasteiger partial charge in [-0.25, -0.2) is 4.98 Å². The van der Waals surface area contributed by atoms with Crippen LogP contribution in [0.25, 0.3) is 22.6 Å². The molecule has 1 heterocycles. The molecule has 4 aromatic rings. The molecule has 3 aromatic carbocycles. The van der Waals surface area contributed by atoms with Gasteiger partial charge in [-0.1, -0.05) is 11.6 Å². The van der Waals surface area contributed by atoms with E-state index >= 15 is 0 Å². The Kier molecular flexibility index (Phi) is 4.83.